The van der Waals surface area contributed by atoms with E-state index in [-0.39, 0.29) is 6.54 Å². The molecule has 3 N–H and O–H groups in total. The van der Waals surface area contributed by atoms with E-state index >= 15 is 0 Å². The van der Waals surface area contributed by atoms with Crippen molar-refractivity contribution in [3.8, 4) is 0 Å². The van der Waals surface area contributed by atoms with Crippen molar-refractivity contribution in [2.24, 2.45) is 17.6 Å². The highest BCUT2D eigenvalue weighted by Crippen LogP contribution is 2.28. The summed E-state index contributed by atoms with van der Waals surface area (Å²) >= 11 is 1.39. The third-order valence-electron chi connectivity index (χ3n) is 3.79. The molecule has 4 nitrogen and oxygen atoms in total. The van der Waals surface area contributed by atoms with Gasteiger partial charge >= 0.3 is 0 Å². The summed E-state index contributed by atoms with van der Waals surface area (Å²) in [5.74, 6) is 1.18. The molecule has 0 spiro atoms. The minimum absolute atomic E-state index is 0.272. The van der Waals surface area contributed by atoms with Crippen molar-refractivity contribution in [1.82, 2.24) is 4.72 Å². The Morgan fingerprint density at radius 3 is 2.95 bits per heavy atom. The lowest BCUT2D eigenvalue weighted by Crippen LogP contribution is -2.31. The van der Waals surface area contributed by atoms with Crippen molar-refractivity contribution in [2.75, 3.05) is 6.54 Å². The fourth-order valence-corrected chi connectivity index (χ4v) is 5.22. The predicted molar refractivity (Wildman–Crippen MR) is 78.5 cm³/mol. The summed E-state index contributed by atoms with van der Waals surface area (Å²) in [6, 6.07) is 1.64. The molecule has 1 aromatic heterocycles. The highest BCUT2D eigenvalue weighted by Gasteiger charge is 2.23. The molecule has 0 bridgehead atoms. The molecule has 0 radical (unpaired) electrons. The number of nitrogens with one attached hydrogen (secondary N) is 1. The van der Waals surface area contributed by atoms with Gasteiger partial charge < -0.3 is 5.73 Å². The van der Waals surface area contributed by atoms with E-state index in [0.29, 0.717) is 23.3 Å². The summed E-state index contributed by atoms with van der Waals surface area (Å²) in [6.45, 7) is 3.06. The Morgan fingerprint density at radius 2 is 2.26 bits per heavy atom. The van der Waals surface area contributed by atoms with E-state index in [9.17, 15) is 8.42 Å². The molecule has 108 valence electrons. The van der Waals surface area contributed by atoms with Crippen LogP contribution >= 0.6 is 11.3 Å². The van der Waals surface area contributed by atoms with E-state index in [1.165, 1.54) is 24.2 Å². The molecule has 1 aliphatic rings. The number of hydrogen-bond donors (Lipinski definition) is 2. The Labute approximate surface area is 119 Å². The van der Waals surface area contributed by atoms with Crippen LogP contribution in [0.15, 0.2) is 16.3 Å². The van der Waals surface area contributed by atoms with Gasteiger partial charge in [0, 0.05) is 18.0 Å². The highest BCUT2D eigenvalue weighted by molar-refractivity contribution is 7.89. The lowest BCUT2D eigenvalue weighted by atomic mass is 9.83. The number of thiophene rings is 1. The molecule has 0 saturated heterocycles. The van der Waals surface area contributed by atoms with Crippen LogP contribution in [0.5, 0.6) is 0 Å². The van der Waals surface area contributed by atoms with Crippen molar-refractivity contribution < 1.29 is 8.42 Å². The van der Waals surface area contributed by atoms with Gasteiger partial charge in [-0.15, -0.1) is 11.3 Å². The monoisotopic (exact) mass is 302 g/mol. The Morgan fingerprint density at radius 1 is 1.47 bits per heavy atom. The van der Waals surface area contributed by atoms with Crippen molar-refractivity contribution in [3.05, 3.63) is 16.3 Å². The molecule has 1 fully saturated rings. The maximum absolute atomic E-state index is 12.2. The van der Waals surface area contributed by atoms with Crippen molar-refractivity contribution in [2.45, 2.75) is 44.0 Å². The van der Waals surface area contributed by atoms with Gasteiger partial charge in [-0.25, -0.2) is 13.1 Å². The van der Waals surface area contributed by atoms with Crippen LogP contribution in [0.1, 0.15) is 37.5 Å². The van der Waals surface area contributed by atoms with E-state index < -0.39 is 10.0 Å². The number of rotatable bonds is 5. The average molecular weight is 302 g/mol. The molecular formula is C13H22N2O2S2. The third-order valence-corrected chi connectivity index (χ3v) is 6.37. The zero-order chi connectivity index (χ0) is 13.9. The molecule has 0 amide bonds. The first-order valence-corrected chi connectivity index (χ1v) is 9.15. The zero-order valence-electron chi connectivity index (χ0n) is 11.3. The molecule has 2 unspecified atom stereocenters. The second-order valence-corrected chi connectivity index (χ2v) is 8.14. The van der Waals surface area contributed by atoms with Gasteiger partial charge in [0.1, 0.15) is 0 Å². The average Bonchev–Trinajstić information content (AvgIpc) is 2.86. The second kappa shape index (κ2) is 6.35. The zero-order valence-corrected chi connectivity index (χ0v) is 12.9. The van der Waals surface area contributed by atoms with Crippen LogP contribution in [0, 0.1) is 11.8 Å². The molecule has 2 atom stereocenters. The molecule has 0 aromatic carbocycles. The molecule has 1 aliphatic carbocycles. The van der Waals surface area contributed by atoms with E-state index in [2.05, 4.69) is 11.6 Å². The van der Waals surface area contributed by atoms with E-state index in [0.717, 1.165) is 17.7 Å². The largest absolute Gasteiger partial charge is 0.326 e. The number of nitrogens with two attached hydrogens (primary N) is 1. The first-order valence-electron chi connectivity index (χ1n) is 6.79. The van der Waals surface area contributed by atoms with Crippen LogP contribution in [0.25, 0.3) is 0 Å². The van der Waals surface area contributed by atoms with Gasteiger partial charge in [-0.3, -0.25) is 0 Å². The van der Waals surface area contributed by atoms with Gasteiger partial charge in [0.2, 0.25) is 10.0 Å². The normalized spacial score (nSPS) is 24.5. The molecule has 6 heteroatoms. The Bertz CT molecular complexity index is 510. The van der Waals surface area contributed by atoms with Gasteiger partial charge in [0.15, 0.2) is 0 Å². The van der Waals surface area contributed by atoms with Crippen LogP contribution in [-0.2, 0) is 16.6 Å². The van der Waals surface area contributed by atoms with Crippen molar-refractivity contribution in [3.63, 3.8) is 0 Å². The Balaban J connectivity index is 1.98. The fraction of sp³-hybridized carbons (Fsp3) is 0.692. The lowest BCUT2D eigenvalue weighted by Gasteiger charge is -2.26. The summed E-state index contributed by atoms with van der Waals surface area (Å²) in [6.07, 6.45) is 4.72. The van der Waals surface area contributed by atoms with E-state index in [1.54, 1.807) is 11.4 Å². The second-order valence-electron chi connectivity index (χ2n) is 5.40. The predicted octanol–water partition coefficient (Wildman–Crippen LogP) is 2.31. The molecule has 1 saturated carbocycles. The van der Waals surface area contributed by atoms with E-state index in [4.69, 9.17) is 5.73 Å². The summed E-state index contributed by atoms with van der Waals surface area (Å²) in [5, 5.41) is 1.78. The van der Waals surface area contributed by atoms with E-state index in [1.807, 2.05) is 0 Å². The molecule has 0 aliphatic heterocycles. The van der Waals surface area contributed by atoms with Gasteiger partial charge in [-0.2, -0.15) is 0 Å². The Hall–Kier alpha value is -0.430. The standard InChI is InChI=1S/C13H22N2O2S2/c1-10-3-2-4-11(7-10)9-15-19(16,17)13-5-6-18-12(13)8-14/h5-6,10-11,15H,2-4,7-9,14H2,1H3. The summed E-state index contributed by atoms with van der Waals surface area (Å²) in [7, 11) is -3.40. The maximum atomic E-state index is 12.2. The maximum Gasteiger partial charge on any atom is 0.241 e. The molecular weight excluding hydrogens is 280 g/mol. The van der Waals surface area contributed by atoms with Gasteiger partial charge in [0.05, 0.1) is 4.90 Å². The first kappa shape index (κ1) is 15.0. The fourth-order valence-electron chi connectivity index (χ4n) is 2.77. The minimum atomic E-state index is -3.40. The first-order chi connectivity index (χ1) is 9.03. The quantitative estimate of drug-likeness (QED) is 0.876. The lowest BCUT2D eigenvalue weighted by molar-refractivity contribution is 0.283. The van der Waals surface area contributed by atoms with Crippen LogP contribution in [0.3, 0.4) is 0 Å². The molecule has 1 aromatic rings. The van der Waals surface area contributed by atoms with Crippen molar-refractivity contribution >= 4 is 21.4 Å². The van der Waals surface area contributed by atoms with Crippen molar-refractivity contribution in [1.29, 1.82) is 0 Å². The SMILES string of the molecule is CC1CCCC(CNS(=O)(=O)c2ccsc2CN)C1. The Kier molecular flexibility index (Phi) is 5.00. The van der Waals surface area contributed by atoms with Gasteiger partial charge in [-0.1, -0.05) is 19.8 Å². The van der Waals surface area contributed by atoms with Gasteiger partial charge in [0.25, 0.3) is 0 Å². The minimum Gasteiger partial charge on any atom is -0.326 e. The summed E-state index contributed by atoms with van der Waals surface area (Å²) in [4.78, 5) is 1.08. The van der Waals surface area contributed by atoms with Gasteiger partial charge in [-0.05, 0) is 36.1 Å². The smallest absolute Gasteiger partial charge is 0.241 e. The van der Waals surface area contributed by atoms with Crippen LogP contribution in [0.4, 0.5) is 0 Å². The van der Waals surface area contributed by atoms with Crippen LogP contribution < -0.4 is 10.5 Å². The number of hydrogen-bond acceptors (Lipinski definition) is 4. The summed E-state index contributed by atoms with van der Waals surface area (Å²) in [5.41, 5.74) is 5.57. The summed E-state index contributed by atoms with van der Waals surface area (Å²) < 4.78 is 27.2. The molecule has 19 heavy (non-hydrogen) atoms. The molecule has 1 heterocycles. The van der Waals surface area contributed by atoms with Crippen LogP contribution in [-0.4, -0.2) is 15.0 Å². The number of sulfonamides is 1. The molecule has 2 rings (SSSR count). The topological polar surface area (TPSA) is 72.2 Å². The van der Waals surface area contributed by atoms with Crippen LogP contribution in [0.2, 0.25) is 0 Å². The highest BCUT2D eigenvalue weighted by atomic mass is 32.2. The third kappa shape index (κ3) is 3.78.